The number of aromatic nitrogens is 1. The summed E-state index contributed by atoms with van der Waals surface area (Å²) in [5.74, 6) is 0.972. The van der Waals surface area contributed by atoms with Crippen molar-refractivity contribution < 1.29 is 4.79 Å². The second-order valence-corrected chi connectivity index (χ2v) is 6.38. The lowest BCUT2D eigenvalue weighted by molar-refractivity contribution is -0.132. The van der Waals surface area contributed by atoms with E-state index in [1.54, 1.807) is 0 Å². The predicted molar refractivity (Wildman–Crippen MR) is 90.3 cm³/mol. The zero-order valence-electron chi connectivity index (χ0n) is 13.1. The Morgan fingerprint density at radius 1 is 0.957 bits per heavy atom. The largest absolute Gasteiger partial charge is 0.368 e. The summed E-state index contributed by atoms with van der Waals surface area (Å²) in [6, 6.07) is 14.5. The van der Waals surface area contributed by atoms with Gasteiger partial charge < -0.3 is 9.80 Å². The first-order valence-electron chi connectivity index (χ1n) is 8.31. The molecule has 1 saturated heterocycles. The number of benzene rings is 1. The topological polar surface area (TPSA) is 36.4 Å². The Balaban J connectivity index is 1.34. The van der Waals surface area contributed by atoms with Crippen LogP contribution in [-0.4, -0.2) is 42.0 Å². The van der Waals surface area contributed by atoms with Crippen LogP contribution in [-0.2, 0) is 4.79 Å². The molecule has 0 N–H and O–H groups in total. The maximum atomic E-state index is 12.7. The number of hydrogen-bond acceptors (Lipinski definition) is 3. The number of rotatable bonds is 3. The highest BCUT2D eigenvalue weighted by Crippen LogP contribution is 2.48. The molecular weight excluding hydrogens is 286 g/mol. The van der Waals surface area contributed by atoms with Gasteiger partial charge in [0.25, 0.3) is 0 Å². The average molecular weight is 307 g/mol. The van der Waals surface area contributed by atoms with Crippen molar-refractivity contribution in [3.05, 3.63) is 60.4 Å². The van der Waals surface area contributed by atoms with Crippen LogP contribution >= 0.6 is 0 Å². The molecule has 1 aliphatic heterocycles. The van der Waals surface area contributed by atoms with Crippen molar-refractivity contribution >= 4 is 11.6 Å². The Labute approximate surface area is 136 Å². The van der Waals surface area contributed by atoms with Crippen LogP contribution in [0.15, 0.2) is 54.9 Å². The van der Waals surface area contributed by atoms with E-state index in [-0.39, 0.29) is 5.92 Å². The van der Waals surface area contributed by atoms with Crippen molar-refractivity contribution in [1.82, 2.24) is 9.88 Å². The van der Waals surface area contributed by atoms with Gasteiger partial charge >= 0.3 is 0 Å². The summed E-state index contributed by atoms with van der Waals surface area (Å²) in [4.78, 5) is 21.1. The van der Waals surface area contributed by atoms with E-state index < -0.39 is 0 Å². The molecule has 2 heterocycles. The number of piperazine rings is 1. The fraction of sp³-hybridized carbons (Fsp3) is 0.368. The fourth-order valence-corrected chi connectivity index (χ4v) is 3.51. The third-order valence-corrected chi connectivity index (χ3v) is 4.95. The van der Waals surface area contributed by atoms with E-state index in [1.807, 2.05) is 35.5 Å². The van der Waals surface area contributed by atoms with E-state index in [2.05, 4.69) is 34.1 Å². The molecule has 4 nitrogen and oxygen atoms in total. The SMILES string of the molecule is O=C([C@H]1C[C@@H]1c1ccccc1)N1CCN(c2ccncc2)CC1. The maximum Gasteiger partial charge on any atom is 0.226 e. The summed E-state index contributed by atoms with van der Waals surface area (Å²) >= 11 is 0. The molecule has 0 radical (unpaired) electrons. The van der Waals surface area contributed by atoms with Gasteiger partial charge in [0.1, 0.15) is 0 Å². The van der Waals surface area contributed by atoms with E-state index in [1.165, 1.54) is 11.3 Å². The first-order chi connectivity index (χ1) is 11.3. The molecule has 1 amide bonds. The van der Waals surface area contributed by atoms with Gasteiger partial charge in [-0.15, -0.1) is 0 Å². The minimum atomic E-state index is 0.199. The number of amides is 1. The van der Waals surface area contributed by atoms with Gasteiger partial charge in [-0.25, -0.2) is 0 Å². The molecule has 1 saturated carbocycles. The van der Waals surface area contributed by atoms with E-state index in [4.69, 9.17) is 0 Å². The second kappa shape index (κ2) is 6.03. The van der Waals surface area contributed by atoms with Crippen molar-refractivity contribution in [2.24, 2.45) is 5.92 Å². The van der Waals surface area contributed by atoms with E-state index >= 15 is 0 Å². The molecule has 1 aromatic carbocycles. The summed E-state index contributed by atoms with van der Waals surface area (Å²) in [6.45, 7) is 3.44. The van der Waals surface area contributed by atoms with Gasteiger partial charge in [-0.2, -0.15) is 0 Å². The molecule has 2 aromatic rings. The van der Waals surface area contributed by atoms with Crippen LogP contribution in [0.1, 0.15) is 17.9 Å². The summed E-state index contributed by atoms with van der Waals surface area (Å²) < 4.78 is 0. The lowest BCUT2D eigenvalue weighted by Crippen LogP contribution is -2.49. The quantitative estimate of drug-likeness (QED) is 0.874. The van der Waals surface area contributed by atoms with Gasteiger partial charge in [0.15, 0.2) is 0 Å². The highest BCUT2D eigenvalue weighted by molar-refractivity contribution is 5.83. The van der Waals surface area contributed by atoms with E-state index in [0.29, 0.717) is 11.8 Å². The molecule has 0 unspecified atom stereocenters. The zero-order chi connectivity index (χ0) is 15.6. The molecule has 2 aliphatic rings. The molecule has 4 rings (SSSR count). The lowest BCUT2D eigenvalue weighted by Gasteiger charge is -2.36. The number of pyridine rings is 1. The van der Waals surface area contributed by atoms with E-state index in [0.717, 1.165) is 32.6 Å². The fourth-order valence-electron chi connectivity index (χ4n) is 3.51. The maximum absolute atomic E-state index is 12.7. The van der Waals surface area contributed by atoms with Crippen molar-refractivity contribution in [3.8, 4) is 0 Å². The molecule has 4 heteroatoms. The van der Waals surface area contributed by atoms with Crippen LogP contribution < -0.4 is 4.90 Å². The summed E-state index contributed by atoms with van der Waals surface area (Å²) in [7, 11) is 0. The standard InChI is InChI=1S/C19H21N3O/c23-19(18-14-17(18)15-4-2-1-3-5-15)22-12-10-21(11-13-22)16-6-8-20-9-7-16/h1-9,17-18H,10-14H2/t17-,18+/m1/s1. The highest BCUT2D eigenvalue weighted by atomic mass is 16.2. The molecule has 2 fully saturated rings. The van der Waals surface area contributed by atoms with Gasteiger partial charge in [0.05, 0.1) is 0 Å². The van der Waals surface area contributed by atoms with Crippen molar-refractivity contribution in [2.45, 2.75) is 12.3 Å². The van der Waals surface area contributed by atoms with Crippen LogP contribution in [0.3, 0.4) is 0 Å². The third kappa shape index (κ3) is 2.93. The highest BCUT2D eigenvalue weighted by Gasteiger charge is 2.45. The molecule has 118 valence electrons. The number of carbonyl (C=O) groups excluding carboxylic acids is 1. The normalized spacial score (nSPS) is 23.7. The minimum Gasteiger partial charge on any atom is -0.368 e. The van der Waals surface area contributed by atoms with Crippen LogP contribution in [0, 0.1) is 5.92 Å². The molecule has 2 atom stereocenters. The Morgan fingerprint density at radius 3 is 2.35 bits per heavy atom. The molecule has 1 aliphatic carbocycles. The van der Waals surface area contributed by atoms with Crippen molar-refractivity contribution in [3.63, 3.8) is 0 Å². The monoisotopic (exact) mass is 307 g/mol. The van der Waals surface area contributed by atoms with Crippen molar-refractivity contribution in [2.75, 3.05) is 31.1 Å². The van der Waals surface area contributed by atoms with Gasteiger partial charge in [-0.05, 0) is 30.0 Å². The Bertz CT molecular complexity index is 666. The number of nitrogens with zero attached hydrogens (tertiary/aromatic N) is 3. The van der Waals surface area contributed by atoms with Crippen LogP contribution in [0.4, 0.5) is 5.69 Å². The third-order valence-electron chi connectivity index (χ3n) is 4.95. The van der Waals surface area contributed by atoms with Gasteiger partial charge in [-0.3, -0.25) is 9.78 Å². The molecular formula is C19H21N3O. The van der Waals surface area contributed by atoms with Gasteiger partial charge in [0.2, 0.25) is 5.91 Å². The first-order valence-corrected chi connectivity index (χ1v) is 8.31. The molecule has 1 aromatic heterocycles. The second-order valence-electron chi connectivity index (χ2n) is 6.38. The Hall–Kier alpha value is -2.36. The Morgan fingerprint density at radius 2 is 1.65 bits per heavy atom. The van der Waals surface area contributed by atoms with Gasteiger partial charge in [0, 0.05) is 50.2 Å². The minimum absolute atomic E-state index is 0.199. The van der Waals surface area contributed by atoms with Gasteiger partial charge in [-0.1, -0.05) is 30.3 Å². The predicted octanol–water partition coefficient (Wildman–Crippen LogP) is 2.53. The number of carbonyl (C=O) groups is 1. The van der Waals surface area contributed by atoms with Crippen LogP contribution in [0.25, 0.3) is 0 Å². The van der Waals surface area contributed by atoms with E-state index in [9.17, 15) is 4.79 Å². The molecule has 23 heavy (non-hydrogen) atoms. The summed E-state index contributed by atoms with van der Waals surface area (Å²) in [5.41, 5.74) is 2.50. The molecule has 0 bridgehead atoms. The van der Waals surface area contributed by atoms with Crippen LogP contribution in [0.5, 0.6) is 0 Å². The zero-order valence-corrected chi connectivity index (χ0v) is 13.1. The summed E-state index contributed by atoms with van der Waals surface area (Å²) in [6.07, 6.45) is 4.65. The van der Waals surface area contributed by atoms with Crippen LogP contribution in [0.2, 0.25) is 0 Å². The number of anilines is 1. The summed E-state index contributed by atoms with van der Waals surface area (Å²) in [5, 5.41) is 0. The smallest absolute Gasteiger partial charge is 0.226 e. The number of hydrogen-bond donors (Lipinski definition) is 0. The average Bonchev–Trinajstić information content (AvgIpc) is 3.44. The first kappa shape index (κ1) is 14.2. The van der Waals surface area contributed by atoms with Crippen molar-refractivity contribution in [1.29, 1.82) is 0 Å². The molecule has 0 spiro atoms. The lowest BCUT2D eigenvalue weighted by atomic mass is 10.1. The Kier molecular flexibility index (Phi) is 3.74.